The number of halogens is 3. The highest BCUT2D eigenvalue weighted by atomic mass is 35.6. The number of aromatic nitrogens is 2. The van der Waals surface area contributed by atoms with Gasteiger partial charge in [0.15, 0.2) is 4.96 Å². The second kappa shape index (κ2) is 9.75. The number of alkyl halides is 3. The molecule has 0 aliphatic heterocycles. The van der Waals surface area contributed by atoms with Gasteiger partial charge in [-0.05, 0) is 55.0 Å². The van der Waals surface area contributed by atoms with Gasteiger partial charge in [0.2, 0.25) is 10.0 Å². The molecule has 2 aromatic heterocycles. The normalized spacial score (nSPS) is 13.3. The van der Waals surface area contributed by atoms with Gasteiger partial charge in [0.1, 0.15) is 5.75 Å². The van der Waals surface area contributed by atoms with E-state index in [9.17, 15) is 9.59 Å². The molecule has 5 rings (SSSR count). The van der Waals surface area contributed by atoms with Crippen LogP contribution < -0.4 is 20.1 Å². The second-order valence-electron chi connectivity index (χ2n) is 8.08. The number of para-hydroxylation sites is 2. The minimum atomic E-state index is -1.92. The number of thiazole rings is 1. The predicted octanol–water partition coefficient (Wildman–Crippen LogP) is 5.27. The van der Waals surface area contributed by atoms with Crippen LogP contribution in [-0.2, 0) is 0 Å². The molecular formula is C26H18Cl3N3O3S. The summed E-state index contributed by atoms with van der Waals surface area (Å²) in [4.78, 5) is 30.7. The fraction of sp³-hybridized carbons (Fsp3) is 0.115. The molecule has 6 nitrogen and oxygen atoms in total. The first kappa shape index (κ1) is 24.6. The van der Waals surface area contributed by atoms with Gasteiger partial charge in [-0.15, -0.1) is 0 Å². The number of nitrogens with one attached hydrogen (secondary N) is 1. The average molecular weight is 559 g/mol. The van der Waals surface area contributed by atoms with Crippen LogP contribution in [0.5, 0.6) is 5.75 Å². The van der Waals surface area contributed by atoms with Gasteiger partial charge in [-0.2, -0.15) is 0 Å². The first-order valence-electron chi connectivity index (χ1n) is 10.8. The van der Waals surface area contributed by atoms with Crippen LogP contribution >= 0.6 is 46.1 Å². The Morgan fingerprint density at radius 1 is 1.06 bits per heavy atom. The third kappa shape index (κ3) is 5.06. The van der Waals surface area contributed by atoms with E-state index in [1.165, 1.54) is 11.3 Å². The topological polar surface area (TPSA) is 72.7 Å². The highest BCUT2D eigenvalue weighted by molar-refractivity contribution is 7.15. The summed E-state index contributed by atoms with van der Waals surface area (Å²) in [6, 6.07) is 21.4. The van der Waals surface area contributed by atoms with Crippen LogP contribution in [0.25, 0.3) is 22.1 Å². The van der Waals surface area contributed by atoms with Gasteiger partial charge in [-0.25, -0.2) is 9.38 Å². The van der Waals surface area contributed by atoms with E-state index in [0.29, 0.717) is 20.8 Å². The highest BCUT2D eigenvalue weighted by Crippen LogP contribution is 2.32. The van der Waals surface area contributed by atoms with E-state index in [4.69, 9.17) is 39.5 Å². The largest absolute Gasteiger partial charge is 0.466 e. The number of imidazole rings is 1. The maximum atomic E-state index is 13.0. The van der Waals surface area contributed by atoms with Crippen molar-refractivity contribution in [2.75, 3.05) is 0 Å². The molecule has 36 heavy (non-hydrogen) atoms. The summed E-state index contributed by atoms with van der Waals surface area (Å²) in [6.45, 7) is 1.92. The van der Waals surface area contributed by atoms with E-state index in [0.717, 1.165) is 22.2 Å². The summed E-state index contributed by atoms with van der Waals surface area (Å²) in [5, 5.41) is 2.62. The number of aryl methyl sites for hydroxylation is 1. The number of ether oxygens (including phenoxy) is 1. The minimum Gasteiger partial charge on any atom is -0.466 e. The van der Waals surface area contributed by atoms with Gasteiger partial charge in [-0.1, -0.05) is 88.1 Å². The van der Waals surface area contributed by atoms with Crippen molar-refractivity contribution in [3.05, 3.63) is 104 Å². The fourth-order valence-electron chi connectivity index (χ4n) is 3.63. The molecule has 0 saturated heterocycles. The molecule has 3 aromatic carbocycles. The lowest BCUT2D eigenvalue weighted by Gasteiger charge is -2.26. The van der Waals surface area contributed by atoms with E-state index in [-0.39, 0.29) is 5.56 Å². The standard InChI is InChI=1S/C26H18Cl3N3O3S/c1-15-6-10-17(11-7-15)22(33)31-24(26(27,28)29)35-18-12-8-16(9-13-18)14-21-23(34)32-20-5-3-2-4-19(20)30-25(32)36-21/h2-14,24H,1H3,(H,31,33). The molecule has 0 aliphatic rings. The number of benzene rings is 3. The van der Waals surface area contributed by atoms with Gasteiger partial charge in [0.25, 0.3) is 11.5 Å². The lowest BCUT2D eigenvalue weighted by molar-refractivity contribution is 0.0833. The molecule has 182 valence electrons. The molecule has 1 unspecified atom stereocenters. The molecule has 1 atom stereocenters. The first-order chi connectivity index (χ1) is 17.2. The smallest absolute Gasteiger partial charge is 0.274 e. The van der Waals surface area contributed by atoms with Crippen molar-refractivity contribution in [3.63, 3.8) is 0 Å². The van der Waals surface area contributed by atoms with E-state index in [1.807, 2.05) is 43.3 Å². The van der Waals surface area contributed by atoms with Crippen molar-refractivity contribution in [1.82, 2.24) is 14.7 Å². The second-order valence-corrected chi connectivity index (χ2v) is 11.5. The van der Waals surface area contributed by atoms with E-state index in [1.54, 1.807) is 46.9 Å². The Bertz CT molecular complexity index is 1670. The van der Waals surface area contributed by atoms with Crippen LogP contribution in [-0.4, -0.2) is 25.3 Å². The zero-order valence-corrected chi connectivity index (χ0v) is 21.8. The van der Waals surface area contributed by atoms with Crippen molar-refractivity contribution >= 4 is 74.1 Å². The molecule has 0 spiro atoms. The third-order valence-corrected chi connectivity index (χ3v) is 7.01. The fourth-order valence-corrected chi connectivity index (χ4v) is 4.91. The SMILES string of the molecule is Cc1ccc(C(=O)NC(Oc2ccc(C=c3sc4nc5ccccc5n4c3=O)cc2)C(Cl)(Cl)Cl)cc1. The summed E-state index contributed by atoms with van der Waals surface area (Å²) < 4.78 is 6.05. The van der Waals surface area contributed by atoms with E-state index >= 15 is 0 Å². The molecule has 2 heterocycles. The van der Waals surface area contributed by atoms with Gasteiger partial charge >= 0.3 is 0 Å². The number of hydrogen-bond donors (Lipinski definition) is 1. The van der Waals surface area contributed by atoms with Crippen LogP contribution in [0.1, 0.15) is 21.5 Å². The molecule has 0 radical (unpaired) electrons. The Morgan fingerprint density at radius 2 is 1.75 bits per heavy atom. The summed E-state index contributed by atoms with van der Waals surface area (Å²) in [6.07, 6.45) is 0.545. The van der Waals surface area contributed by atoms with Gasteiger partial charge in [0.05, 0.1) is 15.6 Å². The molecule has 1 amide bonds. The minimum absolute atomic E-state index is 0.126. The lowest BCUT2D eigenvalue weighted by atomic mass is 10.1. The maximum absolute atomic E-state index is 13.0. The molecule has 0 aliphatic carbocycles. The van der Waals surface area contributed by atoms with Crippen LogP contribution in [0.2, 0.25) is 0 Å². The zero-order chi connectivity index (χ0) is 25.4. The summed E-state index contributed by atoms with van der Waals surface area (Å²) >= 11 is 19.5. The molecule has 10 heteroatoms. The average Bonchev–Trinajstić information content (AvgIpc) is 3.35. The van der Waals surface area contributed by atoms with Gasteiger partial charge in [0, 0.05) is 5.56 Å². The number of carbonyl (C=O) groups excluding carboxylic acids is 1. The summed E-state index contributed by atoms with van der Waals surface area (Å²) in [7, 11) is 0. The molecule has 0 fully saturated rings. The van der Waals surface area contributed by atoms with Crippen molar-refractivity contribution in [3.8, 4) is 5.75 Å². The molecule has 5 aromatic rings. The highest BCUT2D eigenvalue weighted by Gasteiger charge is 2.36. The van der Waals surface area contributed by atoms with Crippen LogP contribution in [0.4, 0.5) is 0 Å². The summed E-state index contributed by atoms with van der Waals surface area (Å²) in [5.41, 5.74) is 3.65. The van der Waals surface area contributed by atoms with Gasteiger partial charge < -0.3 is 10.1 Å². The first-order valence-corrected chi connectivity index (χ1v) is 12.8. The number of rotatable bonds is 5. The monoisotopic (exact) mass is 557 g/mol. The van der Waals surface area contributed by atoms with Crippen molar-refractivity contribution in [1.29, 1.82) is 0 Å². The molecular weight excluding hydrogens is 541 g/mol. The number of amides is 1. The quantitative estimate of drug-likeness (QED) is 0.236. The van der Waals surface area contributed by atoms with Gasteiger partial charge in [-0.3, -0.25) is 9.59 Å². The Kier molecular flexibility index (Phi) is 6.66. The third-order valence-electron chi connectivity index (χ3n) is 5.45. The Morgan fingerprint density at radius 3 is 2.44 bits per heavy atom. The van der Waals surface area contributed by atoms with Crippen molar-refractivity contribution in [2.45, 2.75) is 16.9 Å². The van der Waals surface area contributed by atoms with Crippen molar-refractivity contribution < 1.29 is 9.53 Å². The number of nitrogens with zero attached hydrogens (tertiary/aromatic N) is 2. The predicted molar refractivity (Wildman–Crippen MR) is 145 cm³/mol. The number of hydrogen-bond acceptors (Lipinski definition) is 5. The number of carbonyl (C=O) groups is 1. The van der Waals surface area contributed by atoms with Crippen molar-refractivity contribution in [2.24, 2.45) is 0 Å². The zero-order valence-electron chi connectivity index (χ0n) is 18.7. The van der Waals surface area contributed by atoms with E-state index < -0.39 is 15.9 Å². The van der Waals surface area contributed by atoms with Crippen LogP contribution in [0, 0.1) is 6.92 Å². The van der Waals surface area contributed by atoms with E-state index in [2.05, 4.69) is 10.3 Å². The van der Waals surface area contributed by atoms with Crippen LogP contribution in [0.15, 0.2) is 77.6 Å². The molecule has 0 saturated carbocycles. The molecule has 1 N–H and O–H groups in total. The summed E-state index contributed by atoms with van der Waals surface area (Å²) in [5.74, 6) is -0.0588. The Balaban J connectivity index is 1.37. The lowest BCUT2D eigenvalue weighted by Crippen LogP contribution is -2.47. The Hall–Kier alpha value is -3.10. The maximum Gasteiger partial charge on any atom is 0.274 e. The van der Waals surface area contributed by atoms with Crippen LogP contribution in [0.3, 0.4) is 0 Å². The molecule has 0 bridgehead atoms. The number of fused-ring (bicyclic) bond motifs is 3. The Labute approximate surface area is 224 Å².